The van der Waals surface area contributed by atoms with Gasteiger partial charge in [0.05, 0.1) is 18.1 Å². The van der Waals surface area contributed by atoms with Crippen molar-refractivity contribution in [2.24, 2.45) is 5.92 Å². The van der Waals surface area contributed by atoms with E-state index >= 15 is 0 Å². The van der Waals surface area contributed by atoms with Gasteiger partial charge in [0.1, 0.15) is 5.82 Å². The molecule has 0 saturated carbocycles. The van der Waals surface area contributed by atoms with Gasteiger partial charge >= 0.3 is 0 Å². The number of hydrogen-bond donors (Lipinski definition) is 1. The van der Waals surface area contributed by atoms with Crippen LogP contribution in [0.25, 0.3) is 0 Å². The topological polar surface area (TPSA) is 59.5 Å². The Bertz CT molecular complexity index is 545. The zero-order valence-corrected chi connectivity index (χ0v) is 18.4. The molecule has 0 radical (unpaired) electrons. The quantitative estimate of drug-likeness (QED) is 0.442. The average molecular weight is 405 g/mol. The standard InChI is InChI=1S/C23H40N4O2/c1-3-5-15-28-23(29-16-6-4-2)20-9-13-27(14-10-20)22-18-25-21(17-26-22)19-7-11-24-12-8-19/h17-20,23-24H,3-16H2,1-2H3. The minimum atomic E-state index is -0.0522. The number of rotatable bonds is 11. The van der Waals surface area contributed by atoms with Gasteiger partial charge in [-0.3, -0.25) is 4.98 Å². The van der Waals surface area contributed by atoms with Gasteiger partial charge in [0.2, 0.25) is 0 Å². The Labute approximate surface area is 176 Å². The maximum absolute atomic E-state index is 6.12. The van der Waals surface area contributed by atoms with Crippen LogP contribution in [0.2, 0.25) is 0 Å². The third-order valence-electron chi connectivity index (χ3n) is 6.22. The number of nitrogens with one attached hydrogen (secondary N) is 1. The Balaban J connectivity index is 1.49. The van der Waals surface area contributed by atoms with Crippen LogP contribution >= 0.6 is 0 Å². The van der Waals surface area contributed by atoms with E-state index in [9.17, 15) is 0 Å². The molecule has 29 heavy (non-hydrogen) atoms. The molecule has 2 fully saturated rings. The summed E-state index contributed by atoms with van der Waals surface area (Å²) in [7, 11) is 0. The van der Waals surface area contributed by atoms with Crippen molar-refractivity contribution in [2.45, 2.75) is 77.4 Å². The number of nitrogens with zero attached hydrogens (tertiary/aromatic N) is 3. The van der Waals surface area contributed by atoms with Crippen molar-refractivity contribution in [1.82, 2.24) is 15.3 Å². The molecule has 0 bridgehead atoms. The van der Waals surface area contributed by atoms with Crippen LogP contribution in [0.1, 0.15) is 76.8 Å². The summed E-state index contributed by atoms with van der Waals surface area (Å²) in [6.07, 6.45) is 12.9. The van der Waals surface area contributed by atoms with Crippen LogP contribution in [-0.4, -0.2) is 55.7 Å². The molecule has 3 rings (SSSR count). The monoisotopic (exact) mass is 404 g/mol. The van der Waals surface area contributed by atoms with Crippen LogP contribution < -0.4 is 10.2 Å². The van der Waals surface area contributed by atoms with Crippen molar-refractivity contribution >= 4 is 5.82 Å². The summed E-state index contributed by atoms with van der Waals surface area (Å²) in [6.45, 7) is 10.2. The van der Waals surface area contributed by atoms with Gasteiger partial charge in [-0.2, -0.15) is 0 Å². The Hall–Kier alpha value is -1.24. The van der Waals surface area contributed by atoms with Crippen molar-refractivity contribution < 1.29 is 9.47 Å². The van der Waals surface area contributed by atoms with E-state index in [2.05, 4.69) is 24.1 Å². The highest BCUT2D eigenvalue weighted by Crippen LogP contribution is 2.28. The summed E-state index contributed by atoms with van der Waals surface area (Å²) < 4.78 is 12.2. The molecule has 6 heteroatoms. The second-order valence-corrected chi connectivity index (χ2v) is 8.47. The first kappa shape index (κ1) is 22.4. The van der Waals surface area contributed by atoms with Gasteiger partial charge in [-0.1, -0.05) is 26.7 Å². The maximum atomic E-state index is 6.12. The summed E-state index contributed by atoms with van der Waals surface area (Å²) in [5.74, 6) is 2.04. The Morgan fingerprint density at radius 3 is 2.17 bits per heavy atom. The number of hydrogen-bond acceptors (Lipinski definition) is 6. The molecule has 2 aliphatic rings. The SMILES string of the molecule is CCCCOC(OCCCC)C1CCN(c2cnc(C3CCNCC3)cn2)CC1. The summed E-state index contributed by atoms with van der Waals surface area (Å²) in [6, 6.07) is 0. The van der Waals surface area contributed by atoms with E-state index in [0.29, 0.717) is 11.8 Å². The maximum Gasteiger partial charge on any atom is 0.160 e. The van der Waals surface area contributed by atoms with E-state index in [1.165, 1.54) is 0 Å². The lowest BCUT2D eigenvalue weighted by molar-refractivity contribution is -0.177. The van der Waals surface area contributed by atoms with Gasteiger partial charge < -0.3 is 19.7 Å². The molecule has 3 heterocycles. The van der Waals surface area contributed by atoms with Crippen molar-refractivity contribution in [3.63, 3.8) is 0 Å². The predicted octanol–water partition coefficient (Wildman–Crippen LogP) is 4.12. The smallest absolute Gasteiger partial charge is 0.160 e. The molecule has 2 saturated heterocycles. The van der Waals surface area contributed by atoms with Crippen molar-refractivity contribution in [2.75, 3.05) is 44.3 Å². The fraction of sp³-hybridized carbons (Fsp3) is 0.826. The lowest BCUT2D eigenvalue weighted by atomic mass is 9.95. The molecule has 0 unspecified atom stereocenters. The van der Waals surface area contributed by atoms with E-state index in [0.717, 1.165) is 102 Å². The number of ether oxygens (including phenoxy) is 2. The van der Waals surface area contributed by atoms with Gasteiger partial charge in [-0.05, 0) is 51.6 Å². The highest BCUT2D eigenvalue weighted by molar-refractivity contribution is 5.36. The van der Waals surface area contributed by atoms with Crippen molar-refractivity contribution in [1.29, 1.82) is 0 Å². The minimum Gasteiger partial charge on any atom is -0.355 e. The summed E-state index contributed by atoms with van der Waals surface area (Å²) >= 11 is 0. The van der Waals surface area contributed by atoms with Crippen LogP contribution in [0, 0.1) is 5.92 Å². The summed E-state index contributed by atoms with van der Waals surface area (Å²) in [5, 5.41) is 3.42. The zero-order chi connectivity index (χ0) is 20.3. The molecule has 164 valence electrons. The van der Waals surface area contributed by atoms with Gasteiger partial charge in [0, 0.05) is 38.1 Å². The van der Waals surface area contributed by atoms with Crippen LogP contribution in [0.15, 0.2) is 12.4 Å². The van der Waals surface area contributed by atoms with Gasteiger partial charge in [-0.25, -0.2) is 4.98 Å². The van der Waals surface area contributed by atoms with Crippen LogP contribution in [0.3, 0.4) is 0 Å². The normalized spacial score (nSPS) is 19.2. The molecule has 0 spiro atoms. The first-order valence-corrected chi connectivity index (χ1v) is 11.8. The Morgan fingerprint density at radius 1 is 0.966 bits per heavy atom. The van der Waals surface area contributed by atoms with Crippen molar-refractivity contribution in [3.05, 3.63) is 18.1 Å². The molecule has 2 aliphatic heterocycles. The van der Waals surface area contributed by atoms with E-state index in [-0.39, 0.29) is 6.29 Å². The number of anilines is 1. The second-order valence-electron chi connectivity index (χ2n) is 8.47. The molecule has 0 atom stereocenters. The number of piperidine rings is 2. The third-order valence-corrected chi connectivity index (χ3v) is 6.22. The second kappa shape index (κ2) is 12.5. The molecule has 1 aromatic rings. The Kier molecular flexibility index (Phi) is 9.64. The number of aromatic nitrogens is 2. The molecule has 0 aliphatic carbocycles. The minimum absolute atomic E-state index is 0.0522. The first-order chi connectivity index (χ1) is 14.3. The van der Waals surface area contributed by atoms with Crippen LogP contribution in [-0.2, 0) is 9.47 Å². The van der Waals surface area contributed by atoms with E-state index in [1.807, 2.05) is 12.4 Å². The molecule has 1 N–H and O–H groups in total. The Morgan fingerprint density at radius 2 is 1.62 bits per heavy atom. The largest absolute Gasteiger partial charge is 0.355 e. The lowest BCUT2D eigenvalue weighted by Gasteiger charge is -2.36. The fourth-order valence-corrected chi connectivity index (χ4v) is 4.23. The molecule has 0 amide bonds. The molecular weight excluding hydrogens is 364 g/mol. The lowest BCUT2D eigenvalue weighted by Crippen LogP contribution is -2.40. The van der Waals surface area contributed by atoms with E-state index < -0.39 is 0 Å². The molecule has 0 aromatic carbocycles. The summed E-state index contributed by atoms with van der Waals surface area (Å²) in [4.78, 5) is 11.9. The predicted molar refractivity (Wildman–Crippen MR) is 117 cm³/mol. The zero-order valence-electron chi connectivity index (χ0n) is 18.4. The first-order valence-electron chi connectivity index (χ1n) is 11.8. The van der Waals surface area contributed by atoms with Gasteiger partial charge in [-0.15, -0.1) is 0 Å². The van der Waals surface area contributed by atoms with Gasteiger partial charge in [0.15, 0.2) is 6.29 Å². The van der Waals surface area contributed by atoms with Crippen molar-refractivity contribution in [3.8, 4) is 0 Å². The van der Waals surface area contributed by atoms with E-state index in [4.69, 9.17) is 19.4 Å². The summed E-state index contributed by atoms with van der Waals surface area (Å²) in [5.41, 5.74) is 1.15. The highest BCUT2D eigenvalue weighted by Gasteiger charge is 2.28. The average Bonchev–Trinajstić information content (AvgIpc) is 2.79. The van der Waals surface area contributed by atoms with E-state index in [1.54, 1.807) is 0 Å². The molecule has 6 nitrogen and oxygen atoms in total. The molecular formula is C23H40N4O2. The highest BCUT2D eigenvalue weighted by atomic mass is 16.7. The molecule has 1 aromatic heterocycles. The van der Waals surface area contributed by atoms with Crippen LogP contribution in [0.5, 0.6) is 0 Å². The fourth-order valence-electron chi connectivity index (χ4n) is 4.23. The van der Waals surface area contributed by atoms with Gasteiger partial charge in [0.25, 0.3) is 0 Å². The third kappa shape index (κ3) is 6.90. The van der Waals surface area contributed by atoms with Crippen LogP contribution in [0.4, 0.5) is 5.82 Å². The number of unbranched alkanes of at least 4 members (excludes halogenated alkanes) is 2.